The molecule has 3 aromatic rings. The van der Waals surface area contributed by atoms with Crippen LogP contribution in [0, 0.1) is 0 Å². The van der Waals surface area contributed by atoms with Gasteiger partial charge in [-0.05, 0) is 17.7 Å². The third-order valence-electron chi connectivity index (χ3n) is 2.93. The van der Waals surface area contributed by atoms with Gasteiger partial charge in [0.05, 0.1) is 5.75 Å². The van der Waals surface area contributed by atoms with Crippen molar-refractivity contribution in [3.63, 3.8) is 0 Å². The van der Waals surface area contributed by atoms with E-state index in [1.807, 2.05) is 30.3 Å². The molecule has 0 aliphatic rings. The monoisotopic (exact) mass is 365 g/mol. The van der Waals surface area contributed by atoms with Gasteiger partial charge in [0.25, 0.3) is 0 Å². The molecule has 23 heavy (non-hydrogen) atoms. The van der Waals surface area contributed by atoms with Crippen LogP contribution in [-0.2, 0) is 15.8 Å². The lowest BCUT2D eigenvalue weighted by atomic mass is 10.2. The second-order valence-corrected chi connectivity index (χ2v) is 7.91. The largest absolute Gasteiger partial charge is 0.257 e. The molecule has 1 heterocycles. The summed E-state index contributed by atoms with van der Waals surface area (Å²) < 4.78 is 26.9. The van der Waals surface area contributed by atoms with E-state index in [9.17, 15) is 8.42 Å². The molecule has 0 atom stereocenters. The number of nitrogens with one attached hydrogen (secondary N) is 1. The molecule has 1 N–H and O–H groups in total. The maximum atomic E-state index is 12.2. The van der Waals surface area contributed by atoms with Crippen molar-refractivity contribution >= 4 is 38.1 Å². The van der Waals surface area contributed by atoms with Crippen LogP contribution in [0.25, 0.3) is 10.6 Å². The zero-order valence-electron chi connectivity index (χ0n) is 11.8. The van der Waals surface area contributed by atoms with E-state index in [0.717, 1.165) is 5.56 Å². The fourth-order valence-electron chi connectivity index (χ4n) is 1.98. The Morgan fingerprint density at radius 2 is 1.83 bits per heavy atom. The first kappa shape index (κ1) is 15.9. The van der Waals surface area contributed by atoms with Gasteiger partial charge in [-0.25, -0.2) is 8.42 Å². The topological polar surface area (TPSA) is 72.0 Å². The van der Waals surface area contributed by atoms with Gasteiger partial charge >= 0.3 is 0 Å². The van der Waals surface area contributed by atoms with Crippen molar-refractivity contribution in [2.45, 2.75) is 5.75 Å². The fraction of sp³-hybridized carbons (Fsp3) is 0.0667. The standard InChI is InChI=1S/C15H12ClN3O2S2/c16-13-8-4-5-11(9-13)10-23(20,21)19-15-18-17-14(22-15)12-6-2-1-3-7-12/h1-9H,10H2,(H,18,19). The average Bonchev–Trinajstić information content (AvgIpc) is 2.95. The number of aromatic nitrogens is 2. The predicted molar refractivity (Wildman–Crippen MR) is 93.0 cm³/mol. The first-order chi connectivity index (χ1) is 11.0. The fourth-order valence-corrected chi connectivity index (χ4v) is 4.34. The Labute approximate surface area is 143 Å². The van der Waals surface area contributed by atoms with Crippen LogP contribution in [0.3, 0.4) is 0 Å². The van der Waals surface area contributed by atoms with Crippen molar-refractivity contribution in [3.05, 3.63) is 65.2 Å². The van der Waals surface area contributed by atoms with Gasteiger partial charge in [0.15, 0.2) is 0 Å². The number of hydrogen-bond donors (Lipinski definition) is 1. The minimum absolute atomic E-state index is 0.173. The Morgan fingerprint density at radius 3 is 2.57 bits per heavy atom. The second-order valence-electron chi connectivity index (χ2n) is 4.77. The molecule has 5 nitrogen and oxygen atoms in total. The van der Waals surface area contributed by atoms with Crippen LogP contribution < -0.4 is 4.72 Å². The summed E-state index contributed by atoms with van der Waals surface area (Å²) in [6, 6.07) is 16.2. The molecular weight excluding hydrogens is 354 g/mol. The van der Waals surface area contributed by atoms with E-state index in [-0.39, 0.29) is 10.9 Å². The molecule has 0 spiro atoms. The normalized spacial score (nSPS) is 11.3. The molecule has 0 amide bonds. The van der Waals surface area contributed by atoms with Gasteiger partial charge in [-0.15, -0.1) is 10.2 Å². The lowest BCUT2D eigenvalue weighted by Crippen LogP contribution is -2.14. The summed E-state index contributed by atoms with van der Waals surface area (Å²) in [5, 5.41) is 9.30. The minimum Gasteiger partial charge on any atom is -0.257 e. The van der Waals surface area contributed by atoms with Crippen molar-refractivity contribution in [1.29, 1.82) is 0 Å². The Bertz CT molecular complexity index is 911. The van der Waals surface area contributed by atoms with Crippen molar-refractivity contribution in [2.24, 2.45) is 0 Å². The number of hydrogen-bond acceptors (Lipinski definition) is 5. The molecule has 0 unspecified atom stereocenters. The highest BCUT2D eigenvalue weighted by molar-refractivity contribution is 7.92. The van der Waals surface area contributed by atoms with E-state index in [1.54, 1.807) is 24.3 Å². The van der Waals surface area contributed by atoms with E-state index in [1.165, 1.54) is 11.3 Å². The summed E-state index contributed by atoms with van der Waals surface area (Å²) in [6.07, 6.45) is 0. The molecule has 0 bridgehead atoms. The molecule has 3 rings (SSSR count). The van der Waals surface area contributed by atoms with Crippen LogP contribution in [-0.4, -0.2) is 18.6 Å². The van der Waals surface area contributed by atoms with Crippen LogP contribution in [0.2, 0.25) is 5.02 Å². The molecule has 1 aromatic heterocycles. The van der Waals surface area contributed by atoms with E-state index in [0.29, 0.717) is 15.6 Å². The summed E-state index contributed by atoms with van der Waals surface area (Å²) in [5.41, 5.74) is 1.50. The highest BCUT2D eigenvalue weighted by Crippen LogP contribution is 2.27. The smallest absolute Gasteiger partial charge is 0.238 e. The Balaban J connectivity index is 1.75. The van der Waals surface area contributed by atoms with Crippen LogP contribution in [0.5, 0.6) is 0 Å². The van der Waals surface area contributed by atoms with Crippen LogP contribution >= 0.6 is 22.9 Å². The first-order valence-electron chi connectivity index (χ1n) is 6.66. The van der Waals surface area contributed by atoms with Crippen molar-refractivity contribution in [1.82, 2.24) is 10.2 Å². The van der Waals surface area contributed by atoms with Crippen LogP contribution in [0.15, 0.2) is 54.6 Å². The van der Waals surface area contributed by atoms with Gasteiger partial charge in [-0.3, -0.25) is 4.72 Å². The highest BCUT2D eigenvalue weighted by Gasteiger charge is 2.15. The summed E-state index contributed by atoms with van der Waals surface area (Å²) in [7, 11) is -3.57. The Kier molecular flexibility index (Phi) is 4.61. The maximum absolute atomic E-state index is 12.2. The van der Waals surface area contributed by atoms with Gasteiger partial charge in [0, 0.05) is 10.6 Å². The zero-order chi connectivity index (χ0) is 16.3. The predicted octanol–water partition coefficient (Wildman–Crippen LogP) is 3.80. The van der Waals surface area contributed by atoms with E-state index >= 15 is 0 Å². The maximum Gasteiger partial charge on any atom is 0.238 e. The van der Waals surface area contributed by atoms with Gasteiger partial charge < -0.3 is 0 Å². The third kappa shape index (κ3) is 4.28. The molecule has 0 saturated heterocycles. The molecule has 2 aromatic carbocycles. The second kappa shape index (κ2) is 6.66. The summed E-state index contributed by atoms with van der Waals surface area (Å²) >= 11 is 7.06. The van der Waals surface area contributed by atoms with Gasteiger partial charge in [0.2, 0.25) is 15.2 Å². The SMILES string of the molecule is O=S(=O)(Cc1cccc(Cl)c1)Nc1nnc(-c2ccccc2)s1. The van der Waals surface area contributed by atoms with Crippen LogP contribution in [0.4, 0.5) is 5.13 Å². The molecule has 0 fully saturated rings. The number of rotatable bonds is 5. The quantitative estimate of drug-likeness (QED) is 0.746. The Morgan fingerprint density at radius 1 is 1.04 bits per heavy atom. The van der Waals surface area contributed by atoms with Crippen molar-refractivity contribution in [2.75, 3.05) is 4.72 Å². The highest BCUT2D eigenvalue weighted by atomic mass is 35.5. The Hall–Kier alpha value is -1.96. The van der Waals surface area contributed by atoms with Gasteiger partial charge in [-0.1, -0.05) is 65.4 Å². The molecule has 0 aliphatic carbocycles. The lowest BCUT2D eigenvalue weighted by molar-refractivity contribution is 0.600. The van der Waals surface area contributed by atoms with E-state index < -0.39 is 10.0 Å². The molecule has 0 aliphatic heterocycles. The van der Waals surface area contributed by atoms with Crippen LogP contribution in [0.1, 0.15) is 5.56 Å². The van der Waals surface area contributed by atoms with Crippen molar-refractivity contribution in [3.8, 4) is 10.6 Å². The summed E-state index contributed by atoms with van der Waals surface area (Å²) in [5.74, 6) is -0.173. The number of sulfonamides is 1. The minimum atomic E-state index is -3.57. The molecular formula is C15H12ClN3O2S2. The first-order valence-corrected chi connectivity index (χ1v) is 9.50. The van der Waals surface area contributed by atoms with Gasteiger partial charge in [0.1, 0.15) is 5.01 Å². The number of nitrogens with zero attached hydrogens (tertiary/aromatic N) is 2. The molecule has 0 saturated carbocycles. The number of benzene rings is 2. The number of anilines is 1. The third-order valence-corrected chi connectivity index (χ3v) is 5.40. The van der Waals surface area contributed by atoms with E-state index in [2.05, 4.69) is 14.9 Å². The average molecular weight is 366 g/mol. The lowest BCUT2D eigenvalue weighted by Gasteiger charge is -2.05. The molecule has 118 valence electrons. The number of halogens is 1. The van der Waals surface area contributed by atoms with Crippen molar-refractivity contribution < 1.29 is 8.42 Å². The molecule has 8 heteroatoms. The summed E-state index contributed by atoms with van der Waals surface area (Å²) in [4.78, 5) is 0. The van der Waals surface area contributed by atoms with E-state index in [4.69, 9.17) is 11.6 Å². The molecule has 0 radical (unpaired) electrons. The zero-order valence-corrected chi connectivity index (χ0v) is 14.2. The van der Waals surface area contributed by atoms with Gasteiger partial charge in [-0.2, -0.15) is 0 Å². The summed E-state index contributed by atoms with van der Waals surface area (Å²) in [6.45, 7) is 0.